The molecule has 6 aromatic rings. The lowest BCUT2D eigenvalue weighted by Gasteiger charge is -2.09. The van der Waals surface area contributed by atoms with Gasteiger partial charge in [0.25, 0.3) is 0 Å². The summed E-state index contributed by atoms with van der Waals surface area (Å²) in [5.41, 5.74) is 3.97. The Morgan fingerprint density at radius 2 is 1.27 bits per heavy atom. The molecule has 0 aliphatic heterocycles. The molecule has 6 heteroatoms. The van der Waals surface area contributed by atoms with Gasteiger partial charge in [0.15, 0.2) is 34.7 Å². The summed E-state index contributed by atoms with van der Waals surface area (Å²) in [6, 6.07) is 29.2. The van der Waals surface area contributed by atoms with E-state index in [0.29, 0.717) is 38.7 Å². The highest BCUT2D eigenvalue weighted by atomic mass is 35.5. The van der Waals surface area contributed by atoms with Gasteiger partial charge < -0.3 is 4.42 Å². The van der Waals surface area contributed by atoms with Crippen molar-refractivity contribution in [3.63, 3.8) is 0 Å². The second-order valence-corrected chi connectivity index (χ2v) is 8.48. The lowest BCUT2D eigenvalue weighted by Crippen LogP contribution is -2.00. The van der Waals surface area contributed by atoms with Gasteiger partial charge in [0.05, 0.1) is 5.02 Å². The monoisotopic (exact) mass is 468 g/mol. The maximum absolute atomic E-state index is 6.44. The van der Waals surface area contributed by atoms with Gasteiger partial charge in [-0.05, 0) is 6.07 Å². The van der Waals surface area contributed by atoms with E-state index in [1.807, 2.05) is 84.9 Å². The van der Waals surface area contributed by atoms with Crippen LogP contribution < -0.4 is 0 Å². The van der Waals surface area contributed by atoms with Crippen LogP contribution in [0.15, 0.2) is 95.4 Å². The van der Waals surface area contributed by atoms with Crippen LogP contribution in [0, 0.1) is 11.6 Å². The molecule has 0 aliphatic carbocycles. The van der Waals surface area contributed by atoms with Crippen molar-refractivity contribution in [2.75, 3.05) is 0 Å². The molecule has 0 saturated heterocycles. The van der Waals surface area contributed by atoms with Gasteiger partial charge in [0, 0.05) is 39.6 Å². The first-order valence-electron chi connectivity index (χ1n) is 10.4. The van der Waals surface area contributed by atoms with Crippen LogP contribution in [0.1, 0.15) is 0 Å². The number of benzene rings is 4. The molecule has 33 heavy (non-hydrogen) atoms. The zero-order chi connectivity index (χ0) is 22.4. The summed E-state index contributed by atoms with van der Waals surface area (Å²) >= 11 is 11.9. The van der Waals surface area contributed by atoms with Crippen molar-refractivity contribution >= 4 is 33.5 Å². The summed E-state index contributed by atoms with van der Waals surface area (Å²) in [6.07, 6.45) is 0. The Bertz CT molecular complexity index is 1570. The quantitative estimate of drug-likeness (QED) is 0.277. The third-order valence-corrected chi connectivity index (χ3v) is 5.98. The van der Waals surface area contributed by atoms with Gasteiger partial charge in [0.1, 0.15) is 5.58 Å². The highest BCUT2D eigenvalue weighted by Crippen LogP contribution is 2.39. The van der Waals surface area contributed by atoms with E-state index in [1.165, 1.54) is 0 Å². The molecule has 0 bridgehead atoms. The lowest BCUT2D eigenvalue weighted by atomic mass is 10.1. The van der Waals surface area contributed by atoms with E-state index in [1.54, 1.807) is 6.07 Å². The molecule has 0 N–H and O–H groups in total. The van der Waals surface area contributed by atoms with Gasteiger partial charge in [-0.2, -0.15) is 0 Å². The minimum absolute atomic E-state index is 0.491. The largest absolute Gasteiger partial charge is 0.454 e. The first-order valence-corrected chi connectivity index (χ1v) is 11.1. The van der Waals surface area contributed by atoms with Crippen molar-refractivity contribution in [2.45, 2.75) is 0 Å². The normalized spacial score (nSPS) is 11.3. The molecule has 2 aromatic heterocycles. The molecular weight excluding hydrogens is 453 g/mol. The van der Waals surface area contributed by atoms with Crippen LogP contribution >= 0.6 is 11.6 Å². The average Bonchev–Trinajstić information content (AvgIpc) is 3.24. The Hall–Kier alpha value is -3.73. The Morgan fingerprint density at radius 3 is 1.91 bits per heavy atom. The average molecular weight is 469 g/mol. The molecule has 0 amide bonds. The summed E-state index contributed by atoms with van der Waals surface area (Å²) in [5.74, 6) is 1.76. The molecule has 158 valence electrons. The molecule has 0 atom stereocenters. The number of rotatable bonds is 3. The molecule has 0 radical (unpaired) electrons. The third kappa shape index (κ3) is 3.54. The molecular formula is C27H16Cl2N3O+. The first kappa shape index (κ1) is 19.9. The van der Waals surface area contributed by atoms with E-state index < -0.39 is 0 Å². The van der Waals surface area contributed by atoms with Gasteiger partial charge in [-0.1, -0.05) is 84.4 Å². The van der Waals surface area contributed by atoms with Crippen molar-refractivity contribution in [2.24, 2.45) is 0 Å². The Labute approximate surface area is 199 Å². The molecule has 0 unspecified atom stereocenters. The van der Waals surface area contributed by atoms with Crippen molar-refractivity contribution in [3.05, 3.63) is 101 Å². The fraction of sp³-hybridized carbons (Fsp3) is 0. The number of halogens is 2. The van der Waals surface area contributed by atoms with Crippen LogP contribution in [0.4, 0.5) is 0 Å². The number of hydrogen-bond acceptors (Lipinski definition) is 4. The van der Waals surface area contributed by atoms with Crippen molar-refractivity contribution < 1.29 is 16.0 Å². The van der Waals surface area contributed by atoms with Crippen LogP contribution in [-0.4, -0.2) is 15.0 Å². The van der Waals surface area contributed by atoms with Crippen LogP contribution in [0.3, 0.4) is 0 Å². The molecule has 4 nitrogen and oxygen atoms in total. The smallest absolute Gasteiger partial charge is 0.228 e. The van der Waals surface area contributed by atoms with E-state index >= 15 is 0 Å². The second kappa shape index (κ2) is 8.00. The van der Waals surface area contributed by atoms with Gasteiger partial charge in [-0.15, -0.1) is 0 Å². The van der Waals surface area contributed by atoms with Gasteiger partial charge >= 0.3 is 0 Å². The van der Waals surface area contributed by atoms with E-state index in [4.69, 9.17) is 42.6 Å². The van der Waals surface area contributed by atoms with Gasteiger partial charge in [-0.3, -0.25) is 0 Å². The molecule has 4 aromatic carbocycles. The Balaban J connectivity index is 1.67. The number of nitrogens with zero attached hydrogens (tertiary/aromatic N) is 3. The summed E-state index contributed by atoms with van der Waals surface area (Å²) in [4.78, 5) is 14.5. The Morgan fingerprint density at radius 1 is 0.667 bits per heavy atom. The predicted molar refractivity (Wildman–Crippen MR) is 129 cm³/mol. The number of hydrogen-bond donors (Lipinski definition) is 0. The van der Waals surface area contributed by atoms with Crippen LogP contribution in [0.25, 0.3) is 56.1 Å². The fourth-order valence-electron chi connectivity index (χ4n) is 3.98. The highest BCUT2D eigenvalue weighted by Gasteiger charge is 2.20. The molecule has 0 aliphatic rings. The molecule has 0 fully saturated rings. The number of fused-ring (bicyclic) bond motifs is 3. The number of furan rings is 1. The molecule has 0 spiro atoms. The summed E-state index contributed by atoms with van der Waals surface area (Å²) < 4.78 is 6.08. The lowest BCUT2D eigenvalue weighted by molar-refractivity contribution is -0.288. The van der Waals surface area contributed by atoms with Crippen molar-refractivity contribution in [1.29, 1.82) is 0 Å². The van der Waals surface area contributed by atoms with Gasteiger partial charge in [-0.25, -0.2) is 15.0 Å². The third-order valence-electron chi connectivity index (χ3n) is 5.46. The maximum Gasteiger partial charge on any atom is 0.228 e. The van der Waals surface area contributed by atoms with E-state index in [0.717, 1.165) is 27.5 Å². The van der Waals surface area contributed by atoms with E-state index in [-0.39, 0.29) is 0 Å². The Kier molecular flexibility index (Phi) is 4.83. The first-order chi connectivity index (χ1) is 16.2. The molecule has 2 heterocycles. The van der Waals surface area contributed by atoms with Crippen molar-refractivity contribution in [3.8, 4) is 34.2 Å². The highest BCUT2D eigenvalue weighted by molar-refractivity contribution is 6.36. The van der Waals surface area contributed by atoms with Crippen molar-refractivity contribution in [1.82, 2.24) is 15.0 Å². The van der Waals surface area contributed by atoms with Crippen LogP contribution in [-0.2, 0) is 0 Å². The van der Waals surface area contributed by atoms with E-state index in [2.05, 4.69) is 0 Å². The minimum atomic E-state index is 0.491. The fourth-order valence-corrected chi connectivity index (χ4v) is 4.54. The number of aromatic nitrogens is 3. The second-order valence-electron chi connectivity index (χ2n) is 7.60. The standard InChI is InChI=1S/C27H16Cl2N3O/c28-18-14-20-23-19(12-7-13-22(23)33-24(20)21(29)15-18)27-31-25(16-8-3-1-4-9-16)30-26(32-27)17-10-5-2-6-11-17/h1-15,28H/q+1. The van der Waals surface area contributed by atoms with Crippen LogP contribution in [0.2, 0.25) is 10.0 Å². The van der Waals surface area contributed by atoms with Crippen LogP contribution in [0.5, 0.6) is 0 Å². The SMILES string of the molecule is Clc1cc([ClH+])cc2c1oc1cccc(-c3nc(-c4ccccc4)nc(-c4ccccc4)n3)c12. The van der Waals surface area contributed by atoms with E-state index in [9.17, 15) is 0 Å². The minimum Gasteiger partial charge on any atom is -0.454 e. The summed E-state index contributed by atoms with van der Waals surface area (Å²) in [5, 5.41) is 2.87. The van der Waals surface area contributed by atoms with Gasteiger partial charge in [0.2, 0.25) is 5.02 Å². The topological polar surface area (TPSA) is 51.8 Å². The molecule has 0 saturated carbocycles. The maximum atomic E-state index is 6.44. The zero-order valence-corrected chi connectivity index (χ0v) is 18.8. The summed E-state index contributed by atoms with van der Waals surface area (Å²) in [7, 11) is 0. The predicted octanol–water partition coefficient (Wildman–Crippen LogP) is 7.12. The molecule has 6 rings (SSSR count). The zero-order valence-electron chi connectivity index (χ0n) is 17.2. The summed E-state index contributed by atoms with van der Waals surface area (Å²) in [6.45, 7) is 0.